The van der Waals surface area contributed by atoms with Gasteiger partial charge < -0.3 is 20.7 Å². The number of carbonyl (C=O) groups excluding carboxylic acids is 1. The molecule has 0 aromatic heterocycles. The van der Waals surface area contributed by atoms with Crippen molar-refractivity contribution in [2.45, 2.75) is 38.1 Å². The molecule has 4 N–H and O–H groups in total. The summed E-state index contributed by atoms with van der Waals surface area (Å²) in [7, 11) is -1.59. The van der Waals surface area contributed by atoms with Crippen LogP contribution >= 0.6 is 0 Å². The number of urea groups is 1. The lowest BCUT2D eigenvalue weighted by Crippen LogP contribution is -2.41. The van der Waals surface area contributed by atoms with Crippen LogP contribution in [0.2, 0.25) is 0 Å². The molecule has 19 heavy (non-hydrogen) atoms. The maximum Gasteiger partial charge on any atom is 0.490 e. The van der Waals surface area contributed by atoms with Crippen molar-refractivity contribution in [2.24, 2.45) is 0 Å². The average Bonchev–Trinajstić information content (AvgIpc) is 2.40. The molecule has 1 saturated carbocycles. The Hall–Kier alpha value is -1.53. The molecule has 5 nitrogen and oxygen atoms in total. The van der Waals surface area contributed by atoms with Gasteiger partial charge in [-0.25, -0.2) is 4.79 Å². The van der Waals surface area contributed by atoms with E-state index in [-0.39, 0.29) is 12.1 Å². The van der Waals surface area contributed by atoms with Crippen LogP contribution in [0.5, 0.6) is 0 Å². The van der Waals surface area contributed by atoms with Crippen LogP contribution in [0, 0.1) is 0 Å². The van der Waals surface area contributed by atoms with E-state index >= 15 is 0 Å². The van der Waals surface area contributed by atoms with E-state index in [4.69, 9.17) is 0 Å². The van der Waals surface area contributed by atoms with Gasteiger partial charge in [0.15, 0.2) is 0 Å². The van der Waals surface area contributed by atoms with Crippen LogP contribution in [0.15, 0.2) is 24.3 Å². The highest BCUT2D eigenvalue weighted by Gasteiger charge is 2.19. The number of rotatable bonds is 3. The summed E-state index contributed by atoms with van der Waals surface area (Å²) in [6.07, 6.45) is 5.56. The number of carbonyl (C=O) groups is 1. The lowest BCUT2D eigenvalue weighted by molar-refractivity contribution is 0.244. The summed E-state index contributed by atoms with van der Waals surface area (Å²) >= 11 is 0. The van der Waals surface area contributed by atoms with Crippen LogP contribution in [0.1, 0.15) is 32.1 Å². The SMILES string of the molecule is O=C(Nc1ccccc1B(O)O)NC1CCCCC1. The first-order valence-corrected chi connectivity index (χ1v) is 6.69. The third-order valence-electron chi connectivity index (χ3n) is 3.43. The van der Waals surface area contributed by atoms with Crippen molar-refractivity contribution in [3.63, 3.8) is 0 Å². The van der Waals surface area contributed by atoms with Gasteiger partial charge in [0, 0.05) is 17.2 Å². The molecule has 0 spiro atoms. The zero-order valence-corrected chi connectivity index (χ0v) is 10.8. The number of amides is 2. The van der Waals surface area contributed by atoms with Gasteiger partial charge in [-0.3, -0.25) is 0 Å². The van der Waals surface area contributed by atoms with Crippen LogP contribution < -0.4 is 16.1 Å². The Morgan fingerprint density at radius 1 is 1.16 bits per heavy atom. The van der Waals surface area contributed by atoms with Crippen molar-refractivity contribution in [1.82, 2.24) is 5.32 Å². The molecule has 1 aliphatic rings. The second-order valence-electron chi connectivity index (χ2n) is 4.89. The van der Waals surface area contributed by atoms with Gasteiger partial charge in [-0.15, -0.1) is 0 Å². The fourth-order valence-electron chi connectivity index (χ4n) is 2.43. The summed E-state index contributed by atoms with van der Waals surface area (Å²) in [5.41, 5.74) is 0.715. The maximum atomic E-state index is 11.9. The molecular formula is C13H19BN2O3. The van der Waals surface area contributed by atoms with Crippen LogP contribution in [-0.2, 0) is 0 Å². The summed E-state index contributed by atoms with van der Waals surface area (Å²) in [5.74, 6) is 0. The monoisotopic (exact) mass is 262 g/mol. The van der Waals surface area contributed by atoms with Crippen LogP contribution in [0.25, 0.3) is 0 Å². The largest absolute Gasteiger partial charge is 0.490 e. The predicted molar refractivity (Wildman–Crippen MR) is 75.3 cm³/mol. The Bertz CT molecular complexity index is 434. The molecule has 0 saturated heterocycles. The molecule has 2 amide bonds. The first-order valence-electron chi connectivity index (χ1n) is 6.69. The Labute approximate surface area is 113 Å². The van der Waals surface area contributed by atoms with Crippen molar-refractivity contribution in [1.29, 1.82) is 0 Å². The van der Waals surface area contributed by atoms with Crippen LogP contribution in [-0.4, -0.2) is 29.2 Å². The lowest BCUT2D eigenvalue weighted by atomic mass is 9.79. The summed E-state index contributed by atoms with van der Waals surface area (Å²) < 4.78 is 0. The summed E-state index contributed by atoms with van der Waals surface area (Å²) in [6.45, 7) is 0. The molecular weight excluding hydrogens is 243 g/mol. The number of hydrogen-bond donors (Lipinski definition) is 4. The van der Waals surface area contributed by atoms with Gasteiger partial charge >= 0.3 is 13.1 Å². The molecule has 1 aromatic carbocycles. The molecule has 1 fully saturated rings. The molecule has 1 aliphatic carbocycles. The minimum atomic E-state index is -1.59. The molecule has 0 unspecified atom stereocenters. The molecule has 2 rings (SSSR count). The Morgan fingerprint density at radius 3 is 2.53 bits per heavy atom. The van der Waals surface area contributed by atoms with Gasteiger partial charge in [0.25, 0.3) is 0 Å². The normalized spacial score (nSPS) is 15.9. The highest BCUT2D eigenvalue weighted by Crippen LogP contribution is 2.17. The van der Waals surface area contributed by atoms with Gasteiger partial charge in [-0.2, -0.15) is 0 Å². The highest BCUT2D eigenvalue weighted by atomic mass is 16.4. The van der Waals surface area contributed by atoms with Gasteiger partial charge in [0.1, 0.15) is 0 Å². The molecule has 6 heteroatoms. The van der Waals surface area contributed by atoms with E-state index in [1.807, 2.05) is 0 Å². The Kier molecular flexibility index (Phi) is 4.82. The number of nitrogens with one attached hydrogen (secondary N) is 2. The van der Waals surface area contributed by atoms with E-state index in [1.165, 1.54) is 6.42 Å². The second-order valence-corrected chi connectivity index (χ2v) is 4.89. The Balaban J connectivity index is 1.94. The lowest BCUT2D eigenvalue weighted by Gasteiger charge is -2.23. The maximum absolute atomic E-state index is 11.9. The van der Waals surface area contributed by atoms with Crippen LogP contribution in [0.3, 0.4) is 0 Å². The van der Waals surface area contributed by atoms with E-state index in [9.17, 15) is 14.8 Å². The quantitative estimate of drug-likeness (QED) is 0.609. The zero-order chi connectivity index (χ0) is 13.7. The van der Waals surface area contributed by atoms with E-state index in [0.717, 1.165) is 25.7 Å². The van der Waals surface area contributed by atoms with E-state index in [2.05, 4.69) is 10.6 Å². The minimum Gasteiger partial charge on any atom is -0.423 e. The summed E-state index contributed by atoms with van der Waals surface area (Å²) in [6, 6.07) is 6.58. The van der Waals surface area contributed by atoms with Crippen molar-refractivity contribution in [2.75, 3.05) is 5.32 Å². The van der Waals surface area contributed by atoms with Crippen molar-refractivity contribution in [3.05, 3.63) is 24.3 Å². The molecule has 102 valence electrons. The van der Waals surface area contributed by atoms with Crippen LogP contribution in [0.4, 0.5) is 10.5 Å². The molecule has 0 bridgehead atoms. The molecule has 0 aliphatic heterocycles. The van der Waals surface area contributed by atoms with E-state index in [0.29, 0.717) is 11.2 Å². The number of para-hydroxylation sites is 1. The number of benzene rings is 1. The molecule has 1 aromatic rings. The first kappa shape index (κ1) is 13.9. The van der Waals surface area contributed by atoms with Gasteiger partial charge in [0.2, 0.25) is 0 Å². The third kappa shape index (κ3) is 3.97. The fourth-order valence-corrected chi connectivity index (χ4v) is 2.43. The molecule has 0 atom stereocenters. The predicted octanol–water partition coefficient (Wildman–Crippen LogP) is 0.821. The average molecular weight is 262 g/mol. The third-order valence-corrected chi connectivity index (χ3v) is 3.43. The molecule has 0 heterocycles. The van der Waals surface area contributed by atoms with E-state index < -0.39 is 7.12 Å². The van der Waals surface area contributed by atoms with Crippen molar-refractivity contribution >= 4 is 24.3 Å². The zero-order valence-electron chi connectivity index (χ0n) is 10.8. The fraction of sp³-hybridized carbons (Fsp3) is 0.462. The summed E-state index contributed by atoms with van der Waals surface area (Å²) in [5, 5.41) is 24.0. The molecule has 0 radical (unpaired) electrons. The second kappa shape index (κ2) is 6.59. The highest BCUT2D eigenvalue weighted by molar-refractivity contribution is 6.60. The number of anilines is 1. The van der Waals surface area contributed by atoms with Gasteiger partial charge in [-0.1, -0.05) is 37.5 Å². The Morgan fingerprint density at radius 2 is 1.84 bits per heavy atom. The van der Waals surface area contributed by atoms with E-state index in [1.54, 1.807) is 24.3 Å². The smallest absolute Gasteiger partial charge is 0.423 e. The number of hydrogen-bond acceptors (Lipinski definition) is 3. The van der Waals surface area contributed by atoms with Gasteiger partial charge in [-0.05, 0) is 18.9 Å². The van der Waals surface area contributed by atoms with Crippen molar-refractivity contribution < 1.29 is 14.8 Å². The summed E-state index contributed by atoms with van der Waals surface area (Å²) in [4.78, 5) is 11.9. The standard InChI is InChI=1S/C13H19BN2O3/c17-13(15-10-6-2-1-3-7-10)16-12-9-5-4-8-11(12)14(18)19/h4-5,8-10,18-19H,1-3,6-7H2,(H2,15,16,17). The van der Waals surface area contributed by atoms with Crippen molar-refractivity contribution in [3.8, 4) is 0 Å². The first-order chi connectivity index (χ1) is 9.16. The topological polar surface area (TPSA) is 81.6 Å². The minimum absolute atomic E-state index is 0.222. The van der Waals surface area contributed by atoms with Gasteiger partial charge in [0.05, 0.1) is 0 Å².